The smallest absolute Gasteiger partial charge is 0.0195 e. The van der Waals surface area contributed by atoms with Crippen molar-refractivity contribution >= 4 is 0 Å². The van der Waals surface area contributed by atoms with Crippen molar-refractivity contribution in [1.29, 1.82) is 0 Å². The molecule has 1 aromatic rings. The molecule has 90 valence electrons. The first kappa shape index (κ1) is 11.7. The van der Waals surface area contributed by atoms with Crippen LogP contribution in [0.2, 0.25) is 0 Å². The topological polar surface area (TPSA) is 19.0 Å². The van der Waals surface area contributed by atoms with Crippen LogP contribution >= 0.6 is 0 Å². The second-order valence-electron chi connectivity index (χ2n) is 4.91. The van der Waals surface area contributed by atoms with Gasteiger partial charge in [0.15, 0.2) is 0 Å². The number of aromatic amines is 1. The molecule has 0 unspecified atom stereocenters. The van der Waals surface area contributed by atoms with Crippen LogP contribution in [0.15, 0.2) is 12.3 Å². The fourth-order valence-corrected chi connectivity index (χ4v) is 2.88. The summed E-state index contributed by atoms with van der Waals surface area (Å²) in [6.07, 6.45) is 8.46. The summed E-state index contributed by atoms with van der Waals surface area (Å²) < 4.78 is 0. The lowest BCUT2D eigenvalue weighted by Gasteiger charge is -2.34. The molecule has 0 bridgehead atoms. The highest BCUT2D eigenvalue weighted by atomic mass is 15.1. The first-order valence-electron chi connectivity index (χ1n) is 6.74. The monoisotopic (exact) mass is 220 g/mol. The molecular weight excluding hydrogens is 196 g/mol. The van der Waals surface area contributed by atoms with Gasteiger partial charge < -0.3 is 9.88 Å². The minimum absolute atomic E-state index is 0.769. The average Bonchev–Trinajstić information content (AvgIpc) is 2.75. The van der Waals surface area contributed by atoms with Crippen LogP contribution in [-0.4, -0.2) is 29.0 Å². The van der Waals surface area contributed by atoms with E-state index in [0.29, 0.717) is 0 Å². The summed E-state index contributed by atoms with van der Waals surface area (Å²) in [5.41, 5.74) is 3.03. The van der Waals surface area contributed by atoms with E-state index in [0.717, 1.165) is 6.04 Å². The van der Waals surface area contributed by atoms with Crippen molar-refractivity contribution in [1.82, 2.24) is 9.88 Å². The Morgan fingerprint density at radius 3 is 2.75 bits per heavy atom. The van der Waals surface area contributed by atoms with Gasteiger partial charge in [0.1, 0.15) is 0 Å². The number of aryl methyl sites for hydroxylation is 1. The number of H-pyrrole nitrogens is 1. The van der Waals surface area contributed by atoms with Gasteiger partial charge in [-0.1, -0.05) is 13.8 Å². The Labute approximate surface area is 99.0 Å². The number of hydrogen-bond donors (Lipinski definition) is 1. The molecule has 0 aliphatic heterocycles. The number of nitrogens with zero attached hydrogens (tertiary/aromatic N) is 1. The third-order valence-corrected chi connectivity index (χ3v) is 3.65. The first-order chi connectivity index (χ1) is 7.85. The maximum atomic E-state index is 3.40. The molecule has 0 aromatic carbocycles. The summed E-state index contributed by atoms with van der Waals surface area (Å²) in [7, 11) is 0. The van der Waals surface area contributed by atoms with Gasteiger partial charge in [0, 0.05) is 24.4 Å². The van der Waals surface area contributed by atoms with E-state index in [1.165, 1.54) is 50.9 Å². The third kappa shape index (κ3) is 2.49. The van der Waals surface area contributed by atoms with Crippen molar-refractivity contribution in [3.63, 3.8) is 0 Å². The summed E-state index contributed by atoms with van der Waals surface area (Å²) in [6, 6.07) is 3.02. The van der Waals surface area contributed by atoms with Gasteiger partial charge in [-0.15, -0.1) is 0 Å². The van der Waals surface area contributed by atoms with Crippen LogP contribution in [0.4, 0.5) is 0 Å². The molecule has 0 spiro atoms. The second kappa shape index (κ2) is 5.53. The lowest BCUT2D eigenvalue weighted by molar-refractivity contribution is 0.179. The van der Waals surface area contributed by atoms with Gasteiger partial charge in [-0.05, 0) is 50.4 Å². The molecule has 2 heteroatoms. The molecule has 0 amide bonds. The van der Waals surface area contributed by atoms with Gasteiger partial charge in [0.2, 0.25) is 0 Å². The zero-order chi connectivity index (χ0) is 11.4. The van der Waals surface area contributed by atoms with Crippen LogP contribution in [0.3, 0.4) is 0 Å². The highest BCUT2D eigenvalue weighted by molar-refractivity contribution is 5.24. The Morgan fingerprint density at radius 2 is 2.06 bits per heavy atom. The summed E-state index contributed by atoms with van der Waals surface area (Å²) in [6.45, 7) is 7.08. The van der Waals surface area contributed by atoms with Crippen molar-refractivity contribution in [3.8, 4) is 0 Å². The second-order valence-corrected chi connectivity index (χ2v) is 4.91. The normalized spacial score (nSPS) is 20.1. The predicted octanol–water partition coefficient (Wildman–Crippen LogP) is 2.99. The van der Waals surface area contributed by atoms with Crippen molar-refractivity contribution in [2.75, 3.05) is 13.1 Å². The number of fused-ring (bicyclic) bond motifs is 1. The van der Waals surface area contributed by atoms with E-state index in [9.17, 15) is 0 Å². The average molecular weight is 220 g/mol. The maximum Gasteiger partial charge on any atom is 0.0195 e. The van der Waals surface area contributed by atoms with Gasteiger partial charge in [-0.25, -0.2) is 0 Å². The van der Waals surface area contributed by atoms with Crippen LogP contribution in [0.25, 0.3) is 0 Å². The molecule has 0 fully saturated rings. The fraction of sp³-hybridized carbons (Fsp3) is 0.714. The van der Waals surface area contributed by atoms with Gasteiger partial charge in [0.25, 0.3) is 0 Å². The zero-order valence-corrected chi connectivity index (χ0v) is 10.6. The first-order valence-corrected chi connectivity index (χ1v) is 6.74. The lowest BCUT2D eigenvalue weighted by atomic mass is 9.92. The van der Waals surface area contributed by atoms with E-state index < -0.39 is 0 Å². The minimum atomic E-state index is 0.769. The van der Waals surface area contributed by atoms with Crippen LogP contribution < -0.4 is 0 Å². The highest BCUT2D eigenvalue weighted by Crippen LogP contribution is 2.23. The Hall–Kier alpha value is -0.760. The summed E-state index contributed by atoms with van der Waals surface area (Å²) in [5, 5.41) is 0. The van der Waals surface area contributed by atoms with E-state index in [1.54, 1.807) is 5.56 Å². The molecule has 1 aliphatic carbocycles. The Kier molecular flexibility index (Phi) is 4.05. The Bertz CT molecular complexity index is 310. The molecule has 2 nitrogen and oxygen atoms in total. The molecule has 1 N–H and O–H groups in total. The quantitative estimate of drug-likeness (QED) is 0.808. The summed E-state index contributed by atoms with van der Waals surface area (Å²) in [5.74, 6) is 0. The standard InChI is InChI=1S/C14H24N2/c1-3-9-16(10-4-2)13-6-5-12-7-8-15-14(12)11-13/h7-8,13,15H,3-6,9-11H2,1-2H3/t13-/m1/s1. The summed E-state index contributed by atoms with van der Waals surface area (Å²) in [4.78, 5) is 6.08. The molecule has 0 saturated carbocycles. The van der Waals surface area contributed by atoms with E-state index in [1.807, 2.05) is 0 Å². The van der Waals surface area contributed by atoms with Crippen LogP contribution in [-0.2, 0) is 12.8 Å². The van der Waals surface area contributed by atoms with Crippen molar-refractivity contribution in [2.24, 2.45) is 0 Å². The number of nitrogens with one attached hydrogen (secondary N) is 1. The highest BCUT2D eigenvalue weighted by Gasteiger charge is 2.23. The number of aromatic nitrogens is 1. The van der Waals surface area contributed by atoms with Gasteiger partial charge in [-0.2, -0.15) is 0 Å². The third-order valence-electron chi connectivity index (χ3n) is 3.65. The molecular formula is C14H24N2. The molecule has 1 heterocycles. The van der Waals surface area contributed by atoms with Gasteiger partial charge in [-0.3, -0.25) is 0 Å². The molecule has 0 saturated heterocycles. The fourth-order valence-electron chi connectivity index (χ4n) is 2.88. The number of rotatable bonds is 5. The molecule has 16 heavy (non-hydrogen) atoms. The van der Waals surface area contributed by atoms with Gasteiger partial charge >= 0.3 is 0 Å². The Morgan fingerprint density at radius 1 is 1.31 bits per heavy atom. The van der Waals surface area contributed by atoms with E-state index >= 15 is 0 Å². The molecule has 1 atom stereocenters. The van der Waals surface area contributed by atoms with E-state index in [4.69, 9.17) is 0 Å². The summed E-state index contributed by atoms with van der Waals surface area (Å²) >= 11 is 0. The predicted molar refractivity (Wildman–Crippen MR) is 68.8 cm³/mol. The van der Waals surface area contributed by atoms with Crippen molar-refractivity contribution in [2.45, 2.75) is 52.0 Å². The zero-order valence-electron chi connectivity index (χ0n) is 10.6. The van der Waals surface area contributed by atoms with E-state index in [2.05, 4.69) is 36.0 Å². The van der Waals surface area contributed by atoms with Crippen molar-refractivity contribution in [3.05, 3.63) is 23.5 Å². The van der Waals surface area contributed by atoms with E-state index in [-0.39, 0.29) is 0 Å². The number of hydrogen-bond acceptors (Lipinski definition) is 1. The molecule has 2 rings (SSSR count). The SMILES string of the molecule is CCCN(CCC)[C@@H]1CCc2cc[nH]c2C1. The largest absolute Gasteiger partial charge is 0.365 e. The van der Waals surface area contributed by atoms with Crippen molar-refractivity contribution < 1.29 is 0 Å². The molecule has 1 aliphatic rings. The maximum absolute atomic E-state index is 3.40. The minimum Gasteiger partial charge on any atom is -0.365 e. The van der Waals surface area contributed by atoms with Crippen LogP contribution in [0, 0.1) is 0 Å². The molecule has 1 aromatic heterocycles. The molecule has 0 radical (unpaired) electrons. The van der Waals surface area contributed by atoms with Crippen LogP contribution in [0.5, 0.6) is 0 Å². The van der Waals surface area contributed by atoms with Crippen LogP contribution in [0.1, 0.15) is 44.4 Å². The lowest BCUT2D eigenvalue weighted by Crippen LogP contribution is -2.40. The Balaban J connectivity index is 2.00. The van der Waals surface area contributed by atoms with Gasteiger partial charge in [0.05, 0.1) is 0 Å².